The van der Waals surface area contributed by atoms with Crippen molar-refractivity contribution in [1.29, 1.82) is 0 Å². The molecule has 4 nitrogen and oxygen atoms in total. The molecule has 0 aliphatic heterocycles. The third-order valence-electron chi connectivity index (χ3n) is 1.37. The lowest BCUT2D eigenvalue weighted by molar-refractivity contribution is -0.129. The Labute approximate surface area is 63.8 Å². The van der Waals surface area contributed by atoms with Crippen LogP contribution < -0.4 is 4.90 Å². The van der Waals surface area contributed by atoms with Gasteiger partial charge in [-0.15, -0.1) is 0 Å². The topological polar surface area (TPSA) is 53.2 Å². The lowest BCUT2D eigenvalue weighted by atomic mass is 10.5. The van der Waals surface area contributed by atoms with E-state index in [1.807, 2.05) is 0 Å². The molecule has 1 aromatic heterocycles. The summed E-state index contributed by atoms with van der Waals surface area (Å²) in [4.78, 5) is 24.8. The van der Waals surface area contributed by atoms with Crippen molar-refractivity contribution in [2.45, 2.75) is 0 Å². The average Bonchev–Trinajstić information content (AvgIpc) is 2.53. The molecule has 0 saturated carbocycles. The van der Waals surface area contributed by atoms with E-state index in [-0.39, 0.29) is 6.29 Å². The lowest BCUT2D eigenvalue weighted by Gasteiger charge is -2.10. The van der Waals surface area contributed by atoms with Gasteiger partial charge in [0, 0.05) is 13.2 Å². The molecule has 1 heterocycles. The summed E-state index contributed by atoms with van der Waals surface area (Å²) >= 11 is 0. The Hall–Kier alpha value is -1.58. The Balaban J connectivity index is 2.77. The normalized spacial score (nSPS) is 9.18. The van der Waals surface area contributed by atoms with Gasteiger partial charge in [0.1, 0.15) is 5.82 Å². The molecular weight excluding hydrogens is 144 g/mol. The van der Waals surface area contributed by atoms with Gasteiger partial charge in [-0.1, -0.05) is 0 Å². The summed E-state index contributed by atoms with van der Waals surface area (Å²) in [5, 5.41) is 0. The number of aldehydes is 1. The van der Waals surface area contributed by atoms with Crippen LogP contribution in [0.5, 0.6) is 0 Å². The molecule has 58 valence electrons. The molecule has 0 bridgehead atoms. The zero-order chi connectivity index (χ0) is 8.27. The number of aromatic nitrogens is 1. The Bertz CT molecular complexity index is 253. The summed E-state index contributed by atoms with van der Waals surface area (Å²) in [6.45, 7) is 0. The third kappa shape index (κ3) is 1.46. The first-order chi connectivity index (χ1) is 5.25. The Kier molecular flexibility index (Phi) is 2.06. The number of anilines is 1. The lowest BCUT2D eigenvalue weighted by Crippen LogP contribution is -2.27. The van der Waals surface area contributed by atoms with Crippen LogP contribution in [0.15, 0.2) is 18.3 Å². The highest BCUT2D eigenvalue weighted by atomic mass is 16.2. The van der Waals surface area contributed by atoms with Crippen LogP contribution in [-0.4, -0.2) is 24.2 Å². The summed E-state index contributed by atoms with van der Waals surface area (Å²) in [6.07, 6.45) is 1.96. The van der Waals surface area contributed by atoms with Gasteiger partial charge in [-0.05, 0) is 12.1 Å². The Morgan fingerprint density at radius 3 is 2.91 bits per heavy atom. The largest absolute Gasteiger partial charge is 0.348 e. The van der Waals surface area contributed by atoms with E-state index in [1.165, 1.54) is 11.9 Å². The maximum absolute atomic E-state index is 10.7. The monoisotopic (exact) mass is 152 g/mol. The molecular formula is C7H8N2O2. The number of hydrogen-bond donors (Lipinski definition) is 1. The van der Waals surface area contributed by atoms with Gasteiger partial charge < -0.3 is 4.98 Å². The Morgan fingerprint density at radius 1 is 1.73 bits per heavy atom. The van der Waals surface area contributed by atoms with Crippen LogP contribution in [0.1, 0.15) is 0 Å². The van der Waals surface area contributed by atoms with E-state index < -0.39 is 5.91 Å². The maximum Gasteiger partial charge on any atom is 0.291 e. The molecule has 4 heteroatoms. The van der Waals surface area contributed by atoms with Crippen molar-refractivity contribution in [2.75, 3.05) is 11.9 Å². The second-order valence-electron chi connectivity index (χ2n) is 2.07. The van der Waals surface area contributed by atoms with Gasteiger partial charge in [0.25, 0.3) is 5.91 Å². The molecule has 0 saturated heterocycles. The van der Waals surface area contributed by atoms with Gasteiger partial charge in [-0.25, -0.2) is 0 Å². The average molecular weight is 152 g/mol. The molecule has 0 radical (unpaired) electrons. The molecule has 0 unspecified atom stereocenters. The van der Waals surface area contributed by atoms with E-state index in [9.17, 15) is 9.59 Å². The smallest absolute Gasteiger partial charge is 0.291 e. The quantitative estimate of drug-likeness (QED) is 0.485. The summed E-state index contributed by atoms with van der Waals surface area (Å²) in [5.41, 5.74) is 0. The fourth-order valence-corrected chi connectivity index (χ4v) is 0.727. The minimum absolute atomic E-state index is 0.279. The number of carbonyl (C=O) groups is 2. The van der Waals surface area contributed by atoms with Gasteiger partial charge >= 0.3 is 0 Å². The van der Waals surface area contributed by atoms with Crippen molar-refractivity contribution < 1.29 is 9.59 Å². The van der Waals surface area contributed by atoms with Crippen molar-refractivity contribution in [1.82, 2.24) is 4.98 Å². The van der Waals surface area contributed by atoms with Crippen LogP contribution in [-0.2, 0) is 9.59 Å². The van der Waals surface area contributed by atoms with Crippen LogP contribution in [0.4, 0.5) is 5.82 Å². The van der Waals surface area contributed by atoms with Crippen molar-refractivity contribution in [3.8, 4) is 0 Å². The van der Waals surface area contributed by atoms with E-state index in [2.05, 4.69) is 4.98 Å². The number of nitrogens with zero attached hydrogens (tertiary/aromatic N) is 1. The summed E-state index contributed by atoms with van der Waals surface area (Å²) < 4.78 is 0. The van der Waals surface area contributed by atoms with E-state index in [0.717, 1.165) is 0 Å². The van der Waals surface area contributed by atoms with E-state index in [4.69, 9.17) is 0 Å². The molecule has 0 aliphatic carbocycles. The molecule has 0 fully saturated rings. The number of likely N-dealkylation sites (N-methyl/N-ethyl adjacent to an activating group) is 1. The summed E-state index contributed by atoms with van der Waals surface area (Å²) in [7, 11) is 1.53. The Morgan fingerprint density at radius 2 is 2.45 bits per heavy atom. The molecule has 1 amide bonds. The van der Waals surface area contributed by atoms with Gasteiger partial charge in [-0.2, -0.15) is 0 Å². The molecule has 0 atom stereocenters. The van der Waals surface area contributed by atoms with Crippen LogP contribution in [0.2, 0.25) is 0 Å². The van der Waals surface area contributed by atoms with Crippen molar-refractivity contribution in [2.24, 2.45) is 0 Å². The highest BCUT2D eigenvalue weighted by Crippen LogP contribution is 2.06. The van der Waals surface area contributed by atoms with Crippen molar-refractivity contribution in [3.63, 3.8) is 0 Å². The molecule has 0 aliphatic rings. The zero-order valence-electron chi connectivity index (χ0n) is 6.07. The van der Waals surface area contributed by atoms with Crippen molar-refractivity contribution in [3.05, 3.63) is 18.3 Å². The number of nitrogens with one attached hydrogen (secondary N) is 1. The SMILES string of the molecule is CN(C(=O)C=O)c1ccc[nH]1. The number of amides is 1. The summed E-state index contributed by atoms with van der Waals surface area (Å²) in [5.74, 6) is 0.0505. The van der Waals surface area contributed by atoms with E-state index >= 15 is 0 Å². The number of hydrogen-bond acceptors (Lipinski definition) is 2. The number of aromatic amines is 1. The minimum atomic E-state index is -0.563. The first kappa shape index (κ1) is 7.53. The number of H-pyrrole nitrogens is 1. The standard InChI is InChI=1S/C7H8N2O2/c1-9(7(11)5-10)6-3-2-4-8-6/h2-5,8H,1H3. The molecule has 1 aromatic rings. The van der Waals surface area contributed by atoms with E-state index in [0.29, 0.717) is 5.82 Å². The first-order valence-electron chi connectivity index (χ1n) is 3.12. The van der Waals surface area contributed by atoms with Crippen LogP contribution in [0.25, 0.3) is 0 Å². The molecule has 0 spiro atoms. The zero-order valence-corrected chi connectivity index (χ0v) is 6.07. The summed E-state index contributed by atoms with van der Waals surface area (Å²) in [6, 6.07) is 3.46. The van der Waals surface area contributed by atoms with Crippen LogP contribution in [0.3, 0.4) is 0 Å². The first-order valence-corrected chi connectivity index (χ1v) is 3.12. The van der Waals surface area contributed by atoms with E-state index in [1.54, 1.807) is 18.3 Å². The molecule has 1 rings (SSSR count). The second-order valence-corrected chi connectivity index (χ2v) is 2.07. The predicted octanol–water partition coefficient (Wildman–Crippen LogP) is 0.176. The van der Waals surface area contributed by atoms with Gasteiger partial charge in [0.2, 0.25) is 6.29 Å². The highest BCUT2D eigenvalue weighted by molar-refractivity contribution is 6.30. The fraction of sp³-hybridized carbons (Fsp3) is 0.143. The molecule has 11 heavy (non-hydrogen) atoms. The minimum Gasteiger partial charge on any atom is -0.348 e. The van der Waals surface area contributed by atoms with Gasteiger partial charge in [0.05, 0.1) is 0 Å². The highest BCUT2D eigenvalue weighted by Gasteiger charge is 2.08. The predicted molar refractivity (Wildman–Crippen MR) is 40.3 cm³/mol. The number of carbonyl (C=O) groups excluding carboxylic acids is 2. The second kappa shape index (κ2) is 3.01. The van der Waals surface area contributed by atoms with Crippen molar-refractivity contribution >= 4 is 18.0 Å². The number of rotatable bonds is 2. The fourth-order valence-electron chi connectivity index (χ4n) is 0.727. The van der Waals surface area contributed by atoms with Crippen LogP contribution >= 0.6 is 0 Å². The third-order valence-corrected chi connectivity index (χ3v) is 1.37. The molecule has 1 N–H and O–H groups in total. The van der Waals surface area contributed by atoms with Gasteiger partial charge in [0.15, 0.2) is 0 Å². The maximum atomic E-state index is 10.7. The van der Waals surface area contributed by atoms with Gasteiger partial charge in [-0.3, -0.25) is 14.5 Å². The van der Waals surface area contributed by atoms with Crippen LogP contribution in [0, 0.1) is 0 Å². The molecule has 0 aromatic carbocycles.